The van der Waals surface area contributed by atoms with Gasteiger partial charge in [-0.25, -0.2) is 4.57 Å². The molecule has 0 aromatic rings. The molecule has 0 aliphatic carbocycles. The second-order valence-electron chi connectivity index (χ2n) is 10.6. The van der Waals surface area contributed by atoms with Gasteiger partial charge >= 0.3 is 13.8 Å². The van der Waals surface area contributed by atoms with Crippen LogP contribution in [-0.2, 0) is 27.9 Å². The highest BCUT2D eigenvalue weighted by atomic mass is 31.2. The van der Waals surface area contributed by atoms with E-state index >= 15 is 0 Å². The van der Waals surface area contributed by atoms with E-state index in [1.807, 2.05) is 0 Å². The molecule has 0 saturated heterocycles. The van der Waals surface area contributed by atoms with Gasteiger partial charge in [0.25, 0.3) is 0 Å². The first-order valence-electron chi connectivity index (χ1n) is 16.5. The van der Waals surface area contributed by atoms with Gasteiger partial charge in [0.1, 0.15) is 6.10 Å². The van der Waals surface area contributed by atoms with Gasteiger partial charge in [0.15, 0.2) is 0 Å². The van der Waals surface area contributed by atoms with Crippen LogP contribution < -0.4 is 5.73 Å². The number of hydrogen-bond acceptors (Lipinski definition) is 7. The van der Waals surface area contributed by atoms with Crippen LogP contribution in [-0.4, -0.2) is 49.9 Å². The lowest BCUT2D eigenvalue weighted by Gasteiger charge is -2.20. The number of nitrogens with two attached hydrogens (primary N) is 1. The fourth-order valence-electron chi connectivity index (χ4n) is 4.18. The molecule has 0 saturated carbocycles. The highest BCUT2D eigenvalue weighted by Crippen LogP contribution is 2.43. The van der Waals surface area contributed by atoms with Gasteiger partial charge in [0.05, 0.1) is 19.8 Å². The molecule has 0 aromatic heterocycles. The molecule has 42 heavy (non-hydrogen) atoms. The zero-order valence-corrected chi connectivity index (χ0v) is 27.6. The van der Waals surface area contributed by atoms with Crippen LogP contribution in [0.2, 0.25) is 0 Å². The molecule has 0 heterocycles. The van der Waals surface area contributed by atoms with Crippen molar-refractivity contribution >= 4 is 13.8 Å². The summed E-state index contributed by atoms with van der Waals surface area (Å²) in [5, 5.41) is 0. The van der Waals surface area contributed by atoms with Crippen LogP contribution in [0.5, 0.6) is 0 Å². The van der Waals surface area contributed by atoms with E-state index < -0.39 is 13.9 Å². The molecule has 246 valence electrons. The van der Waals surface area contributed by atoms with Crippen LogP contribution >= 0.6 is 7.82 Å². The van der Waals surface area contributed by atoms with Gasteiger partial charge in [0, 0.05) is 19.6 Å². The third-order valence-corrected chi connectivity index (χ3v) is 7.56. The predicted octanol–water partition coefficient (Wildman–Crippen LogP) is 8.74. The molecule has 0 aliphatic rings. The Balaban J connectivity index is 4.22. The number of carbonyl (C=O) groups excluding carboxylic acids is 1. The van der Waals surface area contributed by atoms with Crippen LogP contribution in [0.15, 0.2) is 36.5 Å². The fraction of sp³-hybridized carbons (Fsp3) is 0.788. The smallest absolute Gasteiger partial charge is 0.457 e. The number of phosphoric ester groups is 1. The van der Waals surface area contributed by atoms with Crippen molar-refractivity contribution < 1.29 is 32.8 Å². The van der Waals surface area contributed by atoms with E-state index in [0.29, 0.717) is 6.61 Å². The molecule has 0 aromatic carbocycles. The molecule has 0 aliphatic heterocycles. The van der Waals surface area contributed by atoms with Crippen molar-refractivity contribution in [1.82, 2.24) is 0 Å². The maximum atomic E-state index is 12.4. The zero-order chi connectivity index (χ0) is 31.0. The Kier molecular flexibility index (Phi) is 30.2. The highest BCUT2D eigenvalue weighted by Gasteiger charge is 2.25. The minimum atomic E-state index is -4.27. The molecule has 2 atom stereocenters. The predicted molar refractivity (Wildman–Crippen MR) is 173 cm³/mol. The van der Waals surface area contributed by atoms with Crippen LogP contribution in [0.4, 0.5) is 0 Å². The van der Waals surface area contributed by atoms with Crippen molar-refractivity contribution in [1.29, 1.82) is 0 Å². The Labute approximate surface area is 257 Å². The Morgan fingerprint density at radius 3 is 1.98 bits per heavy atom. The molecule has 0 bridgehead atoms. The van der Waals surface area contributed by atoms with E-state index in [1.165, 1.54) is 51.4 Å². The summed E-state index contributed by atoms with van der Waals surface area (Å²) < 4.78 is 33.1. The summed E-state index contributed by atoms with van der Waals surface area (Å²) in [5.74, 6) is -0.361. The molecule has 8 nitrogen and oxygen atoms in total. The Morgan fingerprint density at radius 2 is 1.33 bits per heavy atom. The molecule has 2 unspecified atom stereocenters. The van der Waals surface area contributed by atoms with E-state index in [-0.39, 0.29) is 38.8 Å². The Bertz CT molecular complexity index is 742. The van der Waals surface area contributed by atoms with Crippen LogP contribution in [0, 0.1) is 0 Å². The molecule has 3 N–H and O–H groups in total. The lowest BCUT2D eigenvalue weighted by molar-refractivity contribution is -0.154. The molecule has 0 rings (SSSR count). The van der Waals surface area contributed by atoms with Crippen LogP contribution in [0.25, 0.3) is 0 Å². The summed E-state index contributed by atoms with van der Waals surface area (Å²) >= 11 is 0. The topological polar surface area (TPSA) is 117 Å². The Hall–Kier alpha value is -1.28. The van der Waals surface area contributed by atoms with E-state index in [1.54, 1.807) is 0 Å². The van der Waals surface area contributed by atoms with E-state index in [2.05, 4.69) is 50.3 Å². The van der Waals surface area contributed by atoms with Crippen molar-refractivity contribution in [2.45, 2.75) is 136 Å². The minimum Gasteiger partial charge on any atom is -0.457 e. The van der Waals surface area contributed by atoms with Crippen molar-refractivity contribution in [3.63, 3.8) is 0 Å². The average Bonchev–Trinajstić information content (AvgIpc) is 2.97. The summed E-state index contributed by atoms with van der Waals surface area (Å²) in [6.07, 6.45) is 31.6. The molecular weight excluding hydrogens is 553 g/mol. The van der Waals surface area contributed by atoms with Gasteiger partial charge in [0.2, 0.25) is 0 Å². The quantitative estimate of drug-likeness (QED) is 0.0344. The molecule has 0 amide bonds. The summed E-state index contributed by atoms with van der Waals surface area (Å²) in [7, 11) is -4.27. The standard InChI is InChI=1S/C33H62NO7P/c1-3-5-7-9-11-13-15-16-17-18-20-22-24-26-33(35)41-32(31-40-42(36,37)39-29-27-34)30-38-28-25-23-21-19-14-12-10-8-6-4-2/h5,7,11,13,16-17,32H,3-4,6,8-10,12,14-15,18-31,34H2,1-2H3,(H,36,37)/b7-5-,13-11-,17-16-. The summed E-state index contributed by atoms with van der Waals surface area (Å²) in [5.41, 5.74) is 5.33. The minimum absolute atomic E-state index is 0.0953. The van der Waals surface area contributed by atoms with Crippen molar-refractivity contribution in [2.24, 2.45) is 5.73 Å². The van der Waals surface area contributed by atoms with Crippen molar-refractivity contribution in [3.8, 4) is 0 Å². The SMILES string of the molecule is CC/C=C\C/C=C\C/C=C\CCCCCC(=O)OC(COCCCCCCCCCCCC)COP(=O)(O)OCCN. The van der Waals surface area contributed by atoms with Gasteiger partial charge in [-0.05, 0) is 44.9 Å². The molecule has 0 fully saturated rings. The summed E-state index contributed by atoms with van der Waals surface area (Å²) in [4.78, 5) is 22.2. The number of phosphoric acid groups is 1. The van der Waals surface area contributed by atoms with E-state index in [9.17, 15) is 14.3 Å². The highest BCUT2D eigenvalue weighted by molar-refractivity contribution is 7.47. The lowest BCUT2D eigenvalue weighted by Crippen LogP contribution is -2.28. The maximum Gasteiger partial charge on any atom is 0.472 e. The van der Waals surface area contributed by atoms with Gasteiger partial charge < -0.3 is 20.1 Å². The van der Waals surface area contributed by atoms with Crippen LogP contribution in [0.3, 0.4) is 0 Å². The number of unbranched alkanes of at least 4 members (excludes halogenated alkanes) is 12. The first-order valence-corrected chi connectivity index (χ1v) is 18.0. The number of hydrogen-bond donors (Lipinski definition) is 2. The van der Waals surface area contributed by atoms with E-state index in [4.69, 9.17) is 24.3 Å². The number of allylic oxidation sites excluding steroid dienone is 6. The average molecular weight is 616 g/mol. The third-order valence-electron chi connectivity index (χ3n) is 6.57. The monoisotopic (exact) mass is 615 g/mol. The van der Waals surface area contributed by atoms with E-state index in [0.717, 1.165) is 57.8 Å². The van der Waals surface area contributed by atoms with Gasteiger partial charge in [-0.3, -0.25) is 13.8 Å². The summed E-state index contributed by atoms with van der Waals surface area (Å²) in [6, 6.07) is 0. The lowest BCUT2D eigenvalue weighted by atomic mass is 10.1. The van der Waals surface area contributed by atoms with Crippen molar-refractivity contribution in [3.05, 3.63) is 36.5 Å². The normalized spacial score (nSPS) is 14.3. The van der Waals surface area contributed by atoms with Gasteiger partial charge in [-0.2, -0.15) is 0 Å². The summed E-state index contributed by atoms with van der Waals surface area (Å²) in [6.45, 7) is 4.73. The largest absolute Gasteiger partial charge is 0.472 e. The molecular formula is C33H62NO7P. The van der Waals surface area contributed by atoms with Crippen molar-refractivity contribution in [2.75, 3.05) is 33.0 Å². The molecule has 9 heteroatoms. The first kappa shape index (κ1) is 40.7. The zero-order valence-electron chi connectivity index (χ0n) is 26.7. The van der Waals surface area contributed by atoms with Gasteiger partial charge in [-0.15, -0.1) is 0 Å². The third kappa shape index (κ3) is 30.2. The number of rotatable bonds is 31. The number of carbonyl (C=O) groups is 1. The van der Waals surface area contributed by atoms with Crippen LogP contribution in [0.1, 0.15) is 129 Å². The second kappa shape index (κ2) is 31.2. The van der Waals surface area contributed by atoms with Gasteiger partial charge in [-0.1, -0.05) is 115 Å². The maximum absolute atomic E-state index is 12.4. The fourth-order valence-corrected chi connectivity index (χ4v) is 4.95. The first-order chi connectivity index (χ1) is 20.4. The Morgan fingerprint density at radius 1 is 0.738 bits per heavy atom. The number of esters is 1. The molecule has 0 radical (unpaired) electrons. The number of ether oxygens (including phenoxy) is 2. The second-order valence-corrected chi connectivity index (χ2v) is 12.1. The molecule has 0 spiro atoms.